The highest BCUT2D eigenvalue weighted by molar-refractivity contribution is 5.83. The Morgan fingerprint density at radius 2 is 1.75 bits per heavy atom. The molecule has 0 aliphatic carbocycles. The number of aromatic nitrogens is 1. The van der Waals surface area contributed by atoms with E-state index in [4.69, 9.17) is 20.9 Å². The number of nitrogens with zero attached hydrogens (tertiary/aromatic N) is 1. The number of ether oxygens (including phenoxy) is 2. The molecule has 0 saturated heterocycles. The maximum absolute atomic E-state index is 5.97. The highest BCUT2D eigenvalue weighted by Gasteiger charge is 2.16. The predicted octanol–water partition coefficient (Wildman–Crippen LogP) is 2.71. The normalized spacial score (nSPS) is 10.6. The van der Waals surface area contributed by atoms with E-state index in [0.717, 1.165) is 11.1 Å². The Labute approximate surface area is 118 Å². The largest absolute Gasteiger partial charge is 0.496 e. The van der Waals surface area contributed by atoms with Gasteiger partial charge in [0.2, 0.25) is 0 Å². The highest BCUT2D eigenvalue weighted by Crippen LogP contribution is 2.41. The molecule has 5 nitrogen and oxygen atoms in total. The lowest BCUT2D eigenvalue weighted by atomic mass is 10.0. The monoisotopic (exact) mass is 273 g/mol. The van der Waals surface area contributed by atoms with E-state index in [1.54, 1.807) is 13.2 Å². The third-order valence-electron chi connectivity index (χ3n) is 2.79. The summed E-state index contributed by atoms with van der Waals surface area (Å²) in [7, 11) is 1.61. The molecule has 2 aromatic rings. The van der Waals surface area contributed by atoms with Gasteiger partial charge in [-0.15, -0.1) is 0 Å². The Bertz CT molecular complexity index is 612. The Morgan fingerprint density at radius 1 is 1.05 bits per heavy atom. The van der Waals surface area contributed by atoms with Crippen LogP contribution in [0.2, 0.25) is 0 Å². The van der Waals surface area contributed by atoms with Crippen LogP contribution in [0.4, 0.5) is 11.6 Å². The van der Waals surface area contributed by atoms with Gasteiger partial charge in [0.1, 0.15) is 23.1 Å². The zero-order valence-corrected chi connectivity index (χ0v) is 11.9. The number of rotatable bonds is 4. The molecule has 0 aliphatic rings. The fourth-order valence-electron chi connectivity index (χ4n) is 2.00. The highest BCUT2D eigenvalue weighted by atomic mass is 16.5. The molecule has 0 aliphatic heterocycles. The summed E-state index contributed by atoms with van der Waals surface area (Å²) >= 11 is 0. The molecule has 1 aromatic heterocycles. The summed E-state index contributed by atoms with van der Waals surface area (Å²) in [6.45, 7) is 3.93. The molecule has 0 fully saturated rings. The minimum atomic E-state index is 0.0452. The molecule has 0 saturated carbocycles. The topological polar surface area (TPSA) is 83.4 Å². The number of nitrogen functional groups attached to an aromatic ring is 2. The SMILES string of the molecule is COc1cccc(OC(C)C)c1-c1ccc(N)nc1N. The van der Waals surface area contributed by atoms with Crippen molar-refractivity contribution in [3.05, 3.63) is 30.3 Å². The van der Waals surface area contributed by atoms with Gasteiger partial charge in [-0.05, 0) is 38.1 Å². The van der Waals surface area contributed by atoms with Gasteiger partial charge in [0, 0.05) is 5.56 Å². The van der Waals surface area contributed by atoms with E-state index >= 15 is 0 Å². The number of hydrogen-bond acceptors (Lipinski definition) is 5. The Kier molecular flexibility index (Phi) is 3.98. The summed E-state index contributed by atoms with van der Waals surface area (Å²) in [5.74, 6) is 2.12. The average molecular weight is 273 g/mol. The first-order valence-corrected chi connectivity index (χ1v) is 6.39. The van der Waals surface area contributed by atoms with Crippen LogP contribution in [-0.2, 0) is 0 Å². The Balaban J connectivity index is 2.63. The summed E-state index contributed by atoms with van der Waals surface area (Å²) in [5, 5.41) is 0. The van der Waals surface area contributed by atoms with Crippen molar-refractivity contribution in [2.24, 2.45) is 0 Å². The predicted molar refractivity (Wildman–Crippen MR) is 80.8 cm³/mol. The summed E-state index contributed by atoms with van der Waals surface area (Å²) < 4.78 is 11.2. The third-order valence-corrected chi connectivity index (χ3v) is 2.79. The van der Waals surface area contributed by atoms with Gasteiger partial charge >= 0.3 is 0 Å². The average Bonchev–Trinajstić information content (AvgIpc) is 2.38. The van der Waals surface area contributed by atoms with Crippen LogP contribution < -0.4 is 20.9 Å². The lowest BCUT2D eigenvalue weighted by molar-refractivity contribution is 0.242. The first-order valence-electron chi connectivity index (χ1n) is 6.39. The first-order chi connectivity index (χ1) is 9.52. The van der Waals surface area contributed by atoms with Crippen LogP contribution in [0.25, 0.3) is 11.1 Å². The van der Waals surface area contributed by atoms with Crippen molar-refractivity contribution in [1.82, 2.24) is 4.98 Å². The van der Waals surface area contributed by atoms with E-state index in [-0.39, 0.29) is 6.10 Å². The molecule has 5 heteroatoms. The van der Waals surface area contributed by atoms with Gasteiger partial charge in [0.25, 0.3) is 0 Å². The summed E-state index contributed by atoms with van der Waals surface area (Å²) in [6.07, 6.45) is 0.0452. The molecule has 1 heterocycles. The molecule has 4 N–H and O–H groups in total. The quantitative estimate of drug-likeness (QED) is 0.894. The van der Waals surface area contributed by atoms with Crippen molar-refractivity contribution < 1.29 is 9.47 Å². The second-order valence-electron chi connectivity index (χ2n) is 4.67. The van der Waals surface area contributed by atoms with E-state index in [0.29, 0.717) is 23.1 Å². The van der Waals surface area contributed by atoms with E-state index < -0.39 is 0 Å². The van der Waals surface area contributed by atoms with Crippen molar-refractivity contribution >= 4 is 11.6 Å². The van der Waals surface area contributed by atoms with Crippen LogP contribution in [-0.4, -0.2) is 18.2 Å². The lowest BCUT2D eigenvalue weighted by Gasteiger charge is -2.18. The first kappa shape index (κ1) is 14.0. The minimum absolute atomic E-state index is 0.0452. The van der Waals surface area contributed by atoms with Crippen LogP contribution in [0.15, 0.2) is 30.3 Å². The van der Waals surface area contributed by atoms with Crippen LogP contribution in [0.3, 0.4) is 0 Å². The third kappa shape index (κ3) is 2.77. The Morgan fingerprint density at radius 3 is 2.35 bits per heavy atom. The summed E-state index contributed by atoms with van der Waals surface area (Å²) in [6, 6.07) is 9.15. The number of benzene rings is 1. The molecule has 0 unspecified atom stereocenters. The van der Waals surface area contributed by atoms with Gasteiger partial charge in [0.05, 0.1) is 18.8 Å². The van der Waals surface area contributed by atoms with Crippen LogP contribution >= 0.6 is 0 Å². The van der Waals surface area contributed by atoms with Crippen molar-refractivity contribution in [3.8, 4) is 22.6 Å². The molecule has 0 amide bonds. The molecule has 0 bridgehead atoms. The molecule has 20 heavy (non-hydrogen) atoms. The standard InChI is InChI=1S/C15H19N3O2/c1-9(2)20-12-6-4-5-11(19-3)14(12)10-7-8-13(16)18-15(10)17/h4-9H,1-3H3,(H4,16,17,18). The molecule has 0 radical (unpaired) electrons. The van der Waals surface area contributed by atoms with Gasteiger partial charge in [-0.2, -0.15) is 0 Å². The zero-order valence-electron chi connectivity index (χ0n) is 11.9. The van der Waals surface area contributed by atoms with Crippen molar-refractivity contribution in [3.63, 3.8) is 0 Å². The molecule has 2 rings (SSSR count). The molecule has 106 valence electrons. The van der Waals surface area contributed by atoms with Gasteiger partial charge in [0.15, 0.2) is 0 Å². The van der Waals surface area contributed by atoms with Crippen molar-refractivity contribution in [2.45, 2.75) is 20.0 Å². The van der Waals surface area contributed by atoms with Crippen molar-refractivity contribution in [2.75, 3.05) is 18.6 Å². The molecular formula is C15H19N3O2. The smallest absolute Gasteiger partial charge is 0.133 e. The number of hydrogen-bond donors (Lipinski definition) is 2. The number of methoxy groups -OCH3 is 1. The van der Waals surface area contributed by atoms with Crippen LogP contribution in [0, 0.1) is 0 Å². The van der Waals surface area contributed by atoms with Gasteiger partial charge < -0.3 is 20.9 Å². The Hall–Kier alpha value is -2.43. The zero-order chi connectivity index (χ0) is 14.7. The molecular weight excluding hydrogens is 254 g/mol. The minimum Gasteiger partial charge on any atom is -0.496 e. The molecule has 0 atom stereocenters. The van der Waals surface area contributed by atoms with E-state index in [9.17, 15) is 0 Å². The lowest BCUT2D eigenvalue weighted by Crippen LogP contribution is -2.08. The second-order valence-corrected chi connectivity index (χ2v) is 4.67. The maximum Gasteiger partial charge on any atom is 0.133 e. The number of pyridine rings is 1. The van der Waals surface area contributed by atoms with Gasteiger partial charge in [-0.25, -0.2) is 4.98 Å². The fraction of sp³-hybridized carbons (Fsp3) is 0.267. The molecule has 1 aromatic carbocycles. The van der Waals surface area contributed by atoms with E-state index in [2.05, 4.69) is 4.98 Å². The van der Waals surface area contributed by atoms with Crippen LogP contribution in [0.5, 0.6) is 11.5 Å². The van der Waals surface area contributed by atoms with E-state index in [1.807, 2.05) is 38.1 Å². The van der Waals surface area contributed by atoms with Gasteiger partial charge in [-0.1, -0.05) is 6.07 Å². The van der Waals surface area contributed by atoms with Crippen molar-refractivity contribution in [1.29, 1.82) is 0 Å². The number of anilines is 2. The number of nitrogens with two attached hydrogens (primary N) is 2. The maximum atomic E-state index is 5.97. The fourth-order valence-corrected chi connectivity index (χ4v) is 2.00. The molecule has 0 spiro atoms. The van der Waals surface area contributed by atoms with E-state index in [1.165, 1.54) is 0 Å². The van der Waals surface area contributed by atoms with Gasteiger partial charge in [-0.3, -0.25) is 0 Å². The summed E-state index contributed by atoms with van der Waals surface area (Å²) in [5.41, 5.74) is 13.1. The summed E-state index contributed by atoms with van der Waals surface area (Å²) in [4.78, 5) is 4.09. The van der Waals surface area contributed by atoms with Crippen LogP contribution in [0.1, 0.15) is 13.8 Å². The second kappa shape index (κ2) is 5.69.